The second kappa shape index (κ2) is 7.36. The summed E-state index contributed by atoms with van der Waals surface area (Å²) in [5.41, 5.74) is 1.68. The van der Waals surface area contributed by atoms with E-state index in [4.69, 9.17) is 0 Å². The van der Waals surface area contributed by atoms with Crippen molar-refractivity contribution in [1.29, 1.82) is 0 Å². The van der Waals surface area contributed by atoms with Gasteiger partial charge in [0.2, 0.25) is 0 Å². The van der Waals surface area contributed by atoms with E-state index in [1.807, 2.05) is 30.3 Å². The van der Waals surface area contributed by atoms with Crippen LogP contribution in [-0.4, -0.2) is 27.6 Å². The molecular formula is C21H14BrN3O3. The maximum absolute atomic E-state index is 12.7. The molecule has 0 saturated heterocycles. The molecule has 0 bridgehead atoms. The fraction of sp³-hybridized carbons (Fsp3) is 0.0476. The van der Waals surface area contributed by atoms with Crippen LogP contribution in [-0.2, 0) is 6.54 Å². The summed E-state index contributed by atoms with van der Waals surface area (Å²) in [6.07, 6.45) is 1.57. The van der Waals surface area contributed by atoms with Crippen LogP contribution < -0.4 is 5.32 Å². The monoisotopic (exact) mass is 435 g/mol. The molecule has 2 aromatic carbocycles. The molecule has 7 heteroatoms. The topological polar surface area (TPSA) is 79.4 Å². The predicted octanol–water partition coefficient (Wildman–Crippen LogP) is 3.89. The Kier molecular flexibility index (Phi) is 4.75. The number of anilines is 1. The molecule has 6 nitrogen and oxygen atoms in total. The van der Waals surface area contributed by atoms with Crippen LogP contribution in [0, 0.1) is 0 Å². The fourth-order valence-corrected chi connectivity index (χ4v) is 3.21. The van der Waals surface area contributed by atoms with Gasteiger partial charge in [-0.1, -0.05) is 30.3 Å². The Balaban J connectivity index is 1.56. The molecule has 1 aliphatic rings. The number of hydrogen-bond donors (Lipinski definition) is 1. The molecule has 1 N–H and O–H groups in total. The molecule has 138 valence electrons. The highest BCUT2D eigenvalue weighted by atomic mass is 79.9. The Hall–Kier alpha value is -3.32. The SMILES string of the molecule is O=C(Nc1ccc(Br)cn1)c1ccc2c(c1)C(=O)N(Cc1ccccc1)C2=O. The molecule has 0 aliphatic carbocycles. The molecule has 4 rings (SSSR count). The standard InChI is InChI=1S/C21H14BrN3O3/c22-15-7-9-18(23-11-15)24-19(26)14-6-8-16-17(10-14)21(28)25(20(16)27)12-13-4-2-1-3-5-13/h1-11H,12H2,(H,23,24,26). The minimum absolute atomic E-state index is 0.192. The number of nitrogens with one attached hydrogen (secondary N) is 1. The average molecular weight is 436 g/mol. The van der Waals surface area contributed by atoms with Crippen LogP contribution in [0.25, 0.3) is 0 Å². The summed E-state index contributed by atoms with van der Waals surface area (Å²) in [4.78, 5) is 43.1. The van der Waals surface area contributed by atoms with Crippen LogP contribution in [0.3, 0.4) is 0 Å². The van der Waals surface area contributed by atoms with Crippen molar-refractivity contribution < 1.29 is 14.4 Å². The Labute approximate surface area is 169 Å². The van der Waals surface area contributed by atoms with Crippen molar-refractivity contribution in [3.05, 3.63) is 93.6 Å². The van der Waals surface area contributed by atoms with E-state index in [0.29, 0.717) is 11.4 Å². The number of halogens is 1. The molecule has 1 aliphatic heterocycles. The third kappa shape index (κ3) is 3.44. The lowest BCUT2D eigenvalue weighted by Crippen LogP contribution is -2.29. The molecule has 0 radical (unpaired) electrons. The van der Waals surface area contributed by atoms with Gasteiger partial charge in [0.1, 0.15) is 5.82 Å². The average Bonchev–Trinajstić information content (AvgIpc) is 2.95. The summed E-state index contributed by atoms with van der Waals surface area (Å²) < 4.78 is 0.797. The van der Waals surface area contributed by atoms with Gasteiger partial charge in [-0.2, -0.15) is 0 Å². The summed E-state index contributed by atoms with van der Waals surface area (Å²) in [6, 6.07) is 17.2. The van der Waals surface area contributed by atoms with E-state index in [1.165, 1.54) is 23.1 Å². The maximum Gasteiger partial charge on any atom is 0.261 e. The lowest BCUT2D eigenvalue weighted by molar-refractivity contribution is 0.0642. The van der Waals surface area contributed by atoms with Crippen molar-refractivity contribution >= 4 is 39.5 Å². The largest absolute Gasteiger partial charge is 0.307 e. The molecule has 28 heavy (non-hydrogen) atoms. The number of nitrogens with zero attached hydrogens (tertiary/aromatic N) is 2. The molecule has 0 unspecified atom stereocenters. The molecule has 0 spiro atoms. The van der Waals surface area contributed by atoms with Crippen LogP contribution in [0.2, 0.25) is 0 Å². The minimum Gasteiger partial charge on any atom is -0.307 e. The zero-order chi connectivity index (χ0) is 19.7. The Morgan fingerprint density at radius 3 is 2.43 bits per heavy atom. The quantitative estimate of drug-likeness (QED) is 0.630. The maximum atomic E-state index is 12.7. The molecule has 3 aromatic rings. The summed E-state index contributed by atoms with van der Waals surface area (Å²) in [6.45, 7) is 0.192. The van der Waals surface area contributed by atoms with Gasteiger partial charge in [0.05, 0.1) is 17.7 Å². The Morgan fingerprint density at radius 1 is 0.964 bits per heavy atom. The summed E-state index contributed by atoms with van der Waals surface area (Å²) >= 11 is 3.28. The number of hydrogen-bond acceptors (Lipinski definition) is 4. The lowest BCUT2D eigenvalue weighted by Gasteiger charge is -2.13. The van der Waals surface area contributed by atoms with Crippen molar-refractivity contribution in [3.8, 4) is 0 Å². The summed E-state index contributed by atoms with van der Waals surface area (Å²) in [5, 5.41) is 2.67. The number of carbonyl (C=O) groups excluding carboxylic acids is 3. The van der Waals surface area contributed by atoms with Crippen molar-refractivity contribution in [1.82, 2.24) is 9.88 Å². The van der Waals surface area contributed by atoms with E-state index in [2.05, 4.69) is 26.2 Å². The first-order valence-corrected chi connectivity index (χ1v) is 9.29. The third-order valence-electron chi connectivity index (χ3n) is 4.39. The number of rotatable bonds is 4. The predicted molar refractivity (Wildman–Crippen MR) is 107 cm³/mol. The van der Waals surface area contributed by atoms with Crippen LogP contribution in [0.4, 0.5) is 5.82 Å². The molecule has 0 atom stereocenters. The highest BCUT2D eigenvalue weighted by Crippen LogP contribution is 2.26. The normalized spacial score (nSPS) is 12.8. The van der Waals surface area contributed by atoms with Gasteiger partial charge in [-0.15, -0.1) is 0 Å². The first-order chi connectivity index (χ1) is 13.5. The van der Waals surface area contributed by atoms with E-state index in [0.717, 1.165) is 10.0 Å². The van der Waals surface area contributed by atoms with Crippen molar-refractivity contribution in [2.45, 2.75) is 6.54 Å². The highest BCUT2D eigenvalue weighted by Gasteiger charge is 2.36. The van der Waals surface area contributed by atoms with E-state index in [9.17, 15) is 14.4 Å². The van der Waals surface area contributed by atoms with Gasteiger partial charge in [-0.25, -0.2) is 4.98 Å². The molecule has 1 aromatic heterocycles. The first-order valence-electron chi connectivity index (χ1n) is 8.50. The van der Waals surface area contributed by atoms with Crippen LogP contribution >= 0.6 is 15.9 Å². The van der Waals surface area contributed by atoms with Gasteiger partial charge in [0.25, 0.3) is 17.7 Å². The third-order valence-corrected chi connectivity index (χ3v) is 4.85. The van der Waals surface area contributed by atoms with Crippen molar-refractivity contribution in [2.24, 2.45) is 0 Å². The molecule has 2 heterocycles. The summed E-state index contributed by atoms with van der Waals surface area (Å²) in [7, 11) is 0. The number of carbonyl (C=O) groups is 3. The Bertz CT molecular complexity index is 1080. The number of benzene rings is 2. The van der Waals surface area contributed by atoms with Crippen LogP contribution in [0.1, 0.15) is 36.6 Å². The minimum atomic E-state index is -0.403. The van der Waals surface area contributed by atoms with Gasteiger partial charge in [0, 0.05) is 16.2 Å². The lowest BCUT2D eigenvalue weighted by atomic mass is 10.1. The zero-order valence-corrected chi connectivity index (χ0v) is 16.1. The second-order valence-electron chi connectivity index (χ2n) is 6.26. The van der Waals surface area contributed by atoms with Crippen molar-refractivity contribution in [2.75, 3.05) is 5.32 Å². The smallest absolute Gasteiger partial charge is 0.261 e. The zero-order valence-electron chi connectivity index (χ0n) is 14.6. The molecule has 0 saturated carbocycles. The van der Waals surface area contributed by atoms with E-state index in [-0.39, 0.29) is 23.6 Å². The van der Waals surface area contributed by atoms with Gasteiger partial charge < -0.3 is 5.32 Å². The number of imide groups is 1. The number of fused-ring (bicyclic) bond motifs is 1. The van der Waals surface area contributed by atoms with Gasteiger partial charge in [-0.05, 0) is 51.8 Å². The van der Waals surface area contributed by atoms with E-state index in [1.54, 1.807) is 18.3 Å². The first kappa shape index (κ1) is 18.1. The number of pyridine rings is 1. The Morgan fingerprint density at radius 2 is 1.71 bits per heavy atom. The van der Waals surface area contributed by atoms with Gasteiger partial charge in [-0.3, -0.25) is 19.3 Å². The number of aromatic nitrogens is 1. The van der Waals surface area contributed by atoms with Gasteiger partial charge >= 0.3 is 0 Å². The van der Waals surface area contributed by atoms with Crippen LogP contribution in [0.15, 0.2) is 71.3 Å². The molecule has 0 fully saturated rings. The summed E-state index contributed by atoms with van der Waals surface area (Å²) in [5.74, 6) is -0.771. The fourth-order valence-electron chi connectivity index (χ4n) is 2.98. The highest BCUT2D eigenvalue weighted by molar-refractivity contribution is 9.10. The van der Waals surface area contributed by atoms with Crippen molar-refractivity contribution in [3.63, 3.8) is 0 Å². The van der Waals surface area contributed by atoms with E-state index >= 15 is 0 Å². The molecular weight excluding hydrogens is 422 g/mol. The van der Waals surface area contributed by atoms with E-state index < -0.39 is 11.8 Å². The molecule has 3 amide bonds. The van der Waals surface area contributed by atoms with Gasteiger partial charge in [0.15, 0.2) is 0 Å². The second-order valence-corrected chi connectivity index (χ2v) is 7.17. The number of amides is 3. The van der Waals surface area contributed by atoms with Crippen LogP contribution in [0.5, 0.6) is 0 Å².